The molecule has 1 aliphatic rings. The standard InChI is InChI=1S/C16H23N5OS/c1-2-16-20-12(10-23-16)5-6-17-14-8-15(19-11-18-14)21-7-3-4-13(21)9-22/h8,10-11,13,22H,2-7,9H2,1H3,(H,17,18,19)/t13-/m0/s1. The van der Waals surface area contributed by atoms with Gasteiger partial charge in [0.1, 0.15) is 18.0 Å². The summed E-state index contributed by atoms with van der Waals surface area (Å²) >= 11 is 1.72. The first kappa shape index (κ1) is 16.1. The van der Waals surface area contributed by atoms with Crippen molar-refractivity contribution < 1.29 is 5.11 Å². The Morgan fingerprint density at radius 2 is 2.35 bits per heavy atom. The van der Waals surface area contributed by atoms with Gasteiger partial charge in [-0.15, -0.1) is 11.3 Å². The highest BCUT2D eigenvalue weighted by Gasteiger charge is 2.25. The molecule has 3 heterocycles. The quantitative estimate of drug-likeness (QED) is 0.808. The van der Waals surface area contributed by atoms with Gasteiger partial charge in [0.15, 0.2) is 0 Å². The summed E-state index contributed by atoms with van der Waals surface area (Å²) < 4.78 is 0. The highest BCUT2D eigenvalue weighted by Crippen LogP contribution is 2.24. The lowest BCUT2D eigenvalue weighted by atomic mass is 10.2. The fourth-order valence-corrected chi connectivity index (χ4v) is 3.65. The van der Waals surface area contributed by atoms with E-state index in [1.54, 1.807) is 17.7 Å². The van der Waals surface area contributed by atoms with Gasteiger partial charge in [-0.1, -0.05) is 6.92 Å². The van der Waals surface area contributed by atoms with E-state index >= 15 is 0 Å². The Morgan fingerprint density at radius 3 is 3.13 bits per heavy atom. The molecule has 7 heteroatoms. The Morgan fingerprint density at radius 1 is 1.43 bits per heavy atom. The van der Waals surface area contributed by atoms with E-state index in [1.165, 1.54) is 5.01 Å². The Balaban J connectivity index is 1.57. The molecule has 1 atom stereocenters. The van der Waals surface area contributed by atoms with Crippen LogP contribution in [0, 0.1) is 0 Å². The van der Waals surface area contributed by atoms with Crippen molar-refractivity contribution in [2.75, 3.05) is 29.9 Å². The minimum absolute atomic E-state index is 0.177. The summed E-state index contributed by atoms with van der Waals surface area (Å²) in [6.07, 6.45) is 5.59. The minimum atomic E-state index is 0.177. The smallest absolute Gasteiger partial charge is 0.134 e. The molecule has 2 aromatic rings. The zero-order valence-corrected chi connectivity index (χ0v) is 14.2. The second-order valence-corrected chi connectivity index (χ2v) is 6.64. The molecule has 2 aromatic heterocycles. The third-order valence-corrected chi connectivity index (χ3v) is 5.17. The average molecular weight is 333 g/mol. The molecule has 2 N–H and O–H groups in total. The van der Waals surface area contributed by atoms with Crippen molar-refractivity contribution in [2.24, 2.45) is 0 Å². The molecule has 0 aliphatic carbocycles. The van der Waals surface area contributed by atoms with Gasteiger partial charge in [0.25, 0.3) is 0 Å². The van der Waals surface area contributed by atoms with Crippen LogP contribution in [0.5, 0.6) is 0 Å². The molecule has 124 valence electrons. The van der Waals surface area contributed by atoms with E-state index in [9.17, 15) is 5.11 Å². The van der Waals surface area contributed by atoms with Crippen LogP contribution in [0.15, 0.2) is 17.8 Å². The predicted molar refractivity (Wildman–Crippen MR) is 93.2 cm³/mol. The first-order chi connectivity index (χ1) is 11.3. The first-order valence-electron chi connectivity index (χ1n) is 8.17. The molecule has 1 saturated heterocycles. The summed E-state index contributed by atoms with van der Waals surface area (Å²) in [5, 5.41) is 16.1. The lowest BCUT2D eigenvalue weighted by Gasteiger charge is -2.24. The van der Waals surface area contributed by atoms with Crippen molar-refractivity contribution >= 4 is 23.0 Å². The van der Waals surface area contributed by atoms with Crippen molar-refractivity contribution in [2.45, 2.75) is 38.6 Å². The fraction of sp³-hybridized carbons (Fsp3) is 0.562. The van der Waals surface area contributed by atoms with Gasteiger partial charge in [-0.3, -0.25) is 0 Å². The largest absolute Gasteiger partial charge is 0.394 e. The van der Waals surface area contributed by atoms with Gasteiger partial charge in [-0.05, 0) is 19.3 Å². The summed E-state index contributed by atoms with van der Waals surface area (Å²) in [5.74, 6) is 1.71. The molecule has 6 nitrogen and oxygen atoms in total. The number of nitrogens with one attached hydrogen (secondary N) is 1. The van der Waals surface area contributed by atoms with Crippen molar-refractivity contribution in [3.05, 3.63) is 28.5 Å². The van der Waals surface area contributed by atoms with E-state index in [-0.39, 0.29) is 12.6 Å². The topological polar surface area (TPSA) is 74.2 Å². The Kier molecular flexibility index (Phi) is 5.40. The number of thiazole rings is 1. The Hall–Kier alpha value is -1.73. The molecular weight excluding hydrogens is 310 g/mol. The molecule has 0 amide bonds. The lowest BCUT2D eigenvalue weighted by Crippen LogP contribution is -2.32. The summed E-state index contributed by atoms with van der Waals surface area (Å²) in [6, 6.07) is 2.15. The number of hydrogen-bond acceptors (Lipinski definition) is 7. The fourth-order valence-electron chi connectivity index (χ4n) is 2.87. The maximum absolute atomic E-state index is 9.45. The van der Waals surface area contributed by atoms with Crippen molar-refractivity contribution in [1.82, 2.24) is 15.0 Å². The zero-order chi connectivity index (χ0) is 16.1. The molecular formula is C16H23N5OS. The van der Waals surface area contributed by atoms with E-state index in [0.29, 0.717) is 0 Å². The molecule has 1 aliphatic heterocycles. The lowest BCUT2D eigenvalue weighted by molar-refractivity contribution is 0.266. The van der Waals surface area contributed by atoms with Crippen molar-refractivity contribution in [3.63, 3.8) is 0 Å². The summed E-state index contributed by atoms with van der Waals surface area (Å²) in [7, 11) is 0. The molecule has 0 aromatic carbocycles. The number of rotatable bonds is 7. The third-order valence-electron chi connectivity index (χ3n) is 4.12. The maximum atomic E-state index is 9.45. The van der Waals surface area contributed by atoms with Gasteiger partial charge < -0.3 is 15.3 Å². The van der Waals surface area contributed by atoms with Gasteiger partial charge >= 0.3 is 0 Å². The van der Waals surface area contributed by atoms with E-state index in [1.807, 2.05) is 6.07 Å². The van der Waals surface area contributed by atoms with Gasteiger partial charge in [-0.2, -0.15) is 0 Å². The van der Waals surface area contributed by atoms with Crippen LogP contribution in [-0.2, 0) is 12.8 Å². The average Bonchev–Trinajstić information content (AvgIpc) is 3.24. The Labute approximate surface area is 140 Å². The first-order valence-corrected chi connectivity index (χ1v) is 9.04. The van der Waals surface area contributed by atoms with Crippen molar-refractivity contribution in [3.8, 4) is 0 Å². The number of aliphatic hydroxyl groups is 1. The van der Waals surface area contributed by atoms with E-state index in [0.717, 1.165) is 56.1 Å². The monoisotopic (exact) mass is 333 g/mol. The number of aromatic nitrogens is 3. The van der Waals surface area contributed by atoms with Crippen LogP contribution in [0.3, 0.4) is 0 Å². The molecule has 0 saturated carbocycles. The normalized spacial score (nSPS) is 17.7. The van der Waals surface area contributed by atoms with Gasteiger partial charge in [0.05, 0.1) is 23.4 Å². The number of anilines is 2. The minimum Gasteiger partial charge on any atom is -0.394 e. The van der Waals surface area contributed by atoms with Gasteiger partial charge in [-0.25, -0.2) is 15.0 Å². The molecule has 0 spiro atoms. The molecule has 23 heavy (non-hydrogen) atoms. The van der Waals surface area contributed by atoms with Crippen LogP contribution >= 0.6 is 11.3 Å². The highest BCUT2D eigenvalue weighted by atomic mass is 32.1. The third kappa shape index (κ3) is 3.97. The molecule has 3 rings (SSSR count). The maximum Gasteiger partial charge on any atom is 0.134 e. The van der Waals surface area contributed by atoms with Crippen LogP contribution < -0.4 is 10.2 Å². The van der Waals surface area contributed by atoms with Crippen LogP contribution in [0.2, 0.25) is 0 Å². The van der Waals surface area contributed by atoms with Crippen molar-refractivity contribution in [1.29, 1.82) is 0 Å². The molecule has 1 fully saturated rings. The number of nitrogens with zero attached hydrogens (tertiary/aromatic N) is 4. The summed E-state index contributed by atoms with van der Waals surface area (Å²) in [5.41, 5.74) is 1.13. The molecule has 0 bridgehead atoms. The molecule has 0 unspecified atom stereocenters. The van der Waals surface area contributed by atoms with E-state index in [4.69, 9.17) is 0 Å². The van der Waals surface area contributed by atoms with Gasteiger partial charge in [0.2, 0.25) is 0 Å². The van der Waals surface area contributed by atoms with Crippen LogP contribution in [0.25, 0.3) is 0 Å². The van der Waals surface area contributed by atoms with E-state index < -0.39 is 0 Å². The van der Waals surface area contributed by atoms with Gasteiger partial charge in [0, 0.05) is 31.0 Å². The number of aryl methyl sites for hydroxylation is 1. The number of hydrogen-bond donors (Lipinski definition) is 2. The van der Waals surface area contributed by atoms with E-state index in [2.05, 4.69) is 37.5 Å². The van der Waals surface area contributed by atoms with Crippen LogP contribution in [0.4, 0.5) is 11.6 Å². The summed E-state index contributed by atoms with van der Waals surface area (Å²) in [4.78, 5) is 15.4. The van der Waals surface area contributed by atoms with Crippen LogP contribution in [0.1, 0.15) is 30.5 Å². The SMILES string of the molecule is CCc1nc(CCNc2cc(N3CCC[C@H]3CO)ncn2)cs1. The Bertz CT molecular complexity index is 632. The predicted octanol–water partition coefficient (Wildman–Crippen LogP) is 2.11. The second kappa shape index (κ2) is 7.70. The molecule has 0 radical (unpaired) electrons. The zero-order valence-electron chi connectivity index (χ0n) is 13.4. The highest BCUT2D eigenvalue weighted by molar-refractivity contribution is 7.09. The summed E-state index contributed by atoms with van der Waals surface area (Å²) in [6.45, 7) is 4.05. The van der Waals surface area contributed by atoms with Crippen LogP contribution in [-0.4, -0.2) is 45.8 Å². The number of aliphatic hydroxyl groups excluding tert-OH is 1. The second-order valence-electron chi connectivity index (χ2n) is 5.70.